The minimum Gasteiger partial charge on any atom is -0.334 e. The highest BCUT2D eigenvalue weighted by atomic mass is 19.1. The molecular formula is C20H17FN6O2. The third kappa shape index (κ3) is 3.35. The molecule has 0 aliphatic heterocycles. The van der Waals surface area contributed by atoms with Gasteiger partial charge in [0.05, 0.1) is 12.0 Å². The van der Waals surface area contributed by atoms with Crippen LogP contribution in [0.2, 0.25) is 0 Å². The molecule has 1 amide bonds. The van der Waals surface area contributed by atoms with Gasteiger partial charge >= 0.3 is 0 Å². The lowest BCUT2D eigenvalue weighted by atomic mass is 10.2. The molecule has 0 atom stereocenters. The number of aryl methyl sites for hydroxylation is 1. The predicted octanol–water partition coefficient (Wildman–Crippen LogP) is 3.29. The molecule has 1 N–H and O–H groups in total. The summed E-state index contributed by atoms with van der Waals surface area (Å²) in [6.07, 6.45) is 3.96. The normalized spacial score (nSPS) is 13.7. The van der Waals surface area contributed by atoms with Gasteiger partial charge in [-0.15, -0.1) is 10.2 Å². The topological polar surface area (TPSA) is 98.2 Å². The van der Waals surface area contributed by atoms with Crippen molar-refractivity contribution in [1.29, 1.82) is 0 Å². The average Bonchev–Trinajstić information content (AvgIpc) is 3.29. The molecule has 1 aromatic carbocycles. The number of fused-ring (bicyclic) bond motifs is 1. The van der Waals surface area contributed by atoms with Gasteiger partial charge in [-0.05, 0) is 55.7 Å². The quantitative estimate of drug-likeness (QED) is 0.560. The average molecular weight is 392 g/mol. The molecule has 3 heterocycles. The predicted molar refractivity (Wildman–Crippen MR) is 102 cm³/mol. The second kappa shape index (κ2) is 6.77. The molecule has 0 saturated heterocycles. The summed E-state index contributed by atoms with van der Waals surface area (Å²) in [5.74, 6) is 1.36. The molecule has 0 spiro atoms. The van der Waals surface area contributed by atoms with E-state index in [2.05, 4.69) is 25.7 Å². The maximum atomic E-state index is 13.2. The molecule has 4 aromatic rings. The second-order valence-electron chi connectivity index (χ2n) is 7.15. The van der Waals surface area contributed by atoms with E-state index in [0.29, 0.717) is 40.1 Å². The van der Waals surface area contributed by atoms with Crippen molar-refractivity contribution in [1.82, 2.24) is 24.7 Å². The van der Waals surface area contributed by atoms with E-state index in [4.69, 9.17) is 4.52 Å². The molecule has 0 bridgehead atoms. The lowest BCUT2D eigenvalue weighted by Crippen LogP contribution is -2.17. The Kier molecular flexibility index (Phi) is 4.08. The molecule has 1 aliphatic carbocycles. The SMILES string of the molecule is Cc1cc(F)ccc1NC(=O)Cc1nnc2c(-c3nc(C4CC4)no3)cccn12. The van der Waals surface area contributed by atoms with Gasteiger partial charge in [0.25, 0.3) is 5.89 Å². The largest absolute Gasteiger partial charge is 0.334 e. The Morgan fingerprint density at radius 2 is 2.17 bits per heavy atom. The molecule has 1 aliphatic rings. The zero-order valence-corrected chi connectivity index (χ0v) is 15.6. The van der Waals surface area contributed by atoms with Gasteiger partial charge < -0.3 is 9.84 Å². The smallest absolute Gasteiger partial charge is 0.261 e. The molecular weight excluding hydrogens is 375 g/mol. The lowest BCUT2D eigenvalue weighted by Gasteiger charge is -2.08. The van der Waals surface area contributed by atoms with Crippen LogP contribution in [0.5, 0.6) is 0 Å². The number of carbonyl (C=O) groups is 1. The molecule has 8 nitrogen and oxygen atoms in total. The summed E-state index contributed by atoms with van der Waals surface area (Å²) in [5, 5.41) is 15.2. The van der Waals surface area contributed by atoms with Gasteiger partial charge in [0.1, 0.15) is 11.6 Å². The first-order valence-corrected chi connectivity index (χ1v) is 9.31. The number of anilines is 1. The van der Waals surface area contributed by atoms with E-state index in [1.807, 2.05) is 12.1 Å². The number of rotatable bonds is 5. The van der Waals surface area contributed by atoms with Gasteiger partial charge in [0, 0.05) is 17.8 Å². The van der Waals surface area contributed by atoms with Crippen LogP contribution in [-0.2, 0) is 11.2 Å². The van der Waals surface area contributed by atoms with E-state index in [0.717, 1.165) is 18.7 Å². The van der Waals surface area contributed by atoms with Crippen molar-refractivity contribution in [2.24, 2.45) is 0 Å². The molecule has 0 unspecified atom stereocenters. The zero-order chi connectivity index (χ0) is 20.0. The Bertz CT molecular complexity index is 1230. The summed E-state index contributed by atoms with van der Waals surface area (Å²) < 4.78 is 20.4. The number of hydrogen-bond acceptors (Lipinski definition) is 6. The van der Waals surface area contributed by atoms with Gasteiger partial charge in [-0.1, -0.05) is 5.16 Å². The number of halogens is 1. The van der Waals surface area contributed by atoms with Crippen LogP contribution in [0, 0.1) is 12.7 Å². The van der Waals surface area contributed by atoms with Crippen molar-refractivity contribution in [3.63, 3.8) is 0 Å². The van der Waals surface area contributed by atoms with Crippen LogP contribution in [-0.4, -0.2) is 30.6 Å². The van der Waals surface area contributed by atoms with Crippen molar-refractivity contribution in [3.05, 3.63) is 59.6 Å². The van der Waals surface area contributed by atoms with Gasteiger partial charge in [0.2, 0.25) is 5.91 Å². The third-order valence-corrected chi connectivity index (χ3v) is 4.90. The Hall–Kier alpha value is -3.62. The maximum absolute atomic E-state index is 13.2. The fraction of sp³-hybridized carbons (Fsp3) is 0.250. The van der Waals surface area contributed by atoms with E-state index >= 15 is 0 Å². The van der Waals surface area contributed by atoms with Crippen LogP contribution < -0.4 is 5.32 Å². The first kappa shape index (κ1) is 17.5. The molecule has 3 aromatic heterocycles. The minimum atomic E-state index is -0.345. The lowest BCUT2D eigenvalue weighted by molar-refractivity contribution is -0.115. The van der Waals surface area contributed by atoms with Crippen molar-refractivity contribution in [2.75, 3.05) is 5.32 Å². The number of nitrogens with one attached hydrogen (secondary N) is 1. The Labute approximate surface area is 164 Å². The summed E-state index contributed by atoms with van der Waals surface area (Å²) in [4.78, 5) is 16.9. The highest BCUT2D eigenvalue weighted by Gasteiger charge is 2.29. The van der Waals surface area contributed by atoms with Gasteiger partial charge in [-0.3, -0.25) is 9.20 Å². The summed E-state index contributed by atoms with van der Waals surface area (Å²) in [7, 11) is 0. The third-order valence-electron chi connectivity index (χ3n) is 4.90. The summed E-state index contributed by atoms with van der Waals surface area (Å²) in [5.41, 5.74) is 2.42. The van der Waals surface area contributed by atoms with E-state index in [1.165, 1.54) is 18.2 Å². The van der Waals surface area contributed by atoms with Crippen molar-refractivity contribution in [3.8, 4) is 11.5 Å². The van der Waals surface area contributed by atoms with Crippen LogP contribution in [0.4, 0.5) is 10.1 Å². The maximum Gasteiger partial charge on any atom is 0.261 e. The number of aromatic nitrogens is 5. The molecule has 1 saturated carbocycles. The van der Waals surface area contributed by atoms with Gasteiger partial charge in [-0.25, -0.2) is 4.39 Å². The van der Waals surface area contributed by atoms with Gasteiger partial charge in [-0.2, -0.15) is 4.98 Å². The monoisotopic (exact) mass is 392 g/mol. The summed E-state index contributed by atoms with van der Waals surface area (Å²) >= 11 is 0. The van der Waals surface area contributed by atoms with Gasteiger partial charge in [0.15, 0.2) is 11.5 Å². The van der Waals surface area contributed by atoms with E-state index in [-0.39, 0.29) is 18.1 Å². The minimum absolute atomic E-state index is 0.0125. The van der Waals surface area contributed by atoms with Crippen LogP contribution in [0.1, 0.15) is 36.0 Å². The number of amides is 1. The molecule has 5 rings (SSSR count). The van der Waals surface area contributed by atoms with Crippen LogP contribution in [0.25, 0.3) is 17.1 Å². The molecule has 0 radical (unpaired) electrons. The van der Waals surface area contributed by atoms with Crippen molar-refractivity contribution >= 4 is 17.2 Å². The van der Waals surface area contributed by atoms with Crippen molar-refractivity contribution in [2.45, 2.75) is 32.1 Å². The van der Waals surface area contributed by atoms with E-state index in [9.17, 15) is 9.18 Å². The first-order valence-electron chi connectivity index (χ1n) is 9.31. The first-order chi connectivity index (χ1) is 14.1. The molecule has 146 valence electrons. The molecule has 1 fully saturated rings. The molecule has 9 heteroatoms. The Morgan fingerprint density at radius 3 is 2.97 bits per heavy atom. The number of hydrogen-bond donors (Lipinski definition) is 1. The summed E-state index contributed by atoms with van der Waals surface area (Å²) in [6, 6.07) is 7.87. The van der Waals surface area contributed by atoms with Crippen LogP contribution >= 0.6 is 0 Å². The van der Waals surface area contributed by atoms with Crippen LogP contribution in [0.15, 0.2) is 41.1 Å². The number of benzene rings is 1. The van der Waals surface area contributed by atoms with E-state index in [1.54, 1.807) is 17.5 Å². The van der Waals surface area contributed by atoms with E-state index < -0.39 is 0 Å². The number of nitrogens with zero attached hydrogens (tertiary/aromatic N) is 5. The second-order valence-corrected chi connectivity index (χ2v) is 7.15. The number of carbonyl (C=O) groups excluding carboxylic acids is 1. The van der Waals surface area contributed by atoms with Crippen molar-refractivity contribution < 1.29 is 13.7 Å². The Morgan fingerprint density at radius 1 is 1.31 bits per heavy atom. The highest BCUT2D eigenvalue weighted by molar-refractivity contribution is 5.92. The summed E-state index contributed by atoms with van der Waals surface area (Å²) in [6.45, 7) is 1.73. The fourth-order valence-electron chi connectivity index (χ4n) is 3.21. The van der Waals surface area contributed by atoms with Crippen LogP contribution in [0.3, 0.4) is 0 Å². The number of pyridine rings is 1. The zero-order valence-electron chi connectivity index (χ0n) is 15.6. The standard InChI is InChI=1S/C20H17FN6O2/c1-11-9-13(21)6-7-15(11)22-17(28)10-16-24-25-19-14(3-2-8-27(16)19)20-23-18(26-29-20)12-4-5-12/h2-3,6-9,12H,4-5,10H2,1H3,(H,22,28). The highest BCUT2D eigenvalue weighted by Crippen LogP contribution is 2.39. The fourth-order valence-corrected chi connectivity index (χ4v) is 3.21. The Balaban J connectivity index is 1.40. The molecule has 29 heavy (non-hydrogen) atoms.